The Kier molecular flexibility index (Phi) is 3.23. The number of nitrogens with zero attached hydrogens (tertiary/aromatic N) is 3. The van der Waals surface area contributed by atoms with Gasteiger partial charge in [-0.25, -0.2) is 4.98 Å². The fourth-order valence-electron chi connectivity index (χ4n) is 1.75. The summed E-state index contributed by atoms with van der Waals surface area (Å²) >= 11 is 5.93. The molecule has 0 aliphatic heterocycles. The van der Waals surface area contributed by atoms with Crippen molar-refractivity contribution in [3.05, 3.63) is 51.4 Å². The second kappa shape index (κ2) is 5.05. The molecule has 0 atom stereocenters. The van der Waals surface area contributed by atoms with E-state index in [1.165, 1.54) is 30.3 Å². The van der Waals surface area contributed by atoms with Crippen LogP contribution in [0.4, 0.5) is 5.69 Å². The zero-order chi connectivity index (χ0) is 14.1. The molecule has 0 bridgehead atoms. The minimum atomic E-state index is -0.462. The number of nitro benzene ring substituents is 1. The third-order valence-electron chi connectivity index (χ3n) is 2.90. The van der Waals surface area contributed by atoms with Crippen molar-refractivity contribution in [3.8, 4) is 11.6 Å². The largest absolute Gasteiger partial charge is 0.439 e. The first kappa shape index (κ1) is 12.8. The van der Waals surface area contributed by atoms with Gasteiger partial charge in [0.15, 0.2) is 0 Å². The second-order valence-electron chi connectivity index (χ2n) is 4.51. The number of rotatable bonds is 4. The molecule has 7 heteroatoms. The van der Waals surface area contributed by atoms with Gasteiger partial charge < -0.3 is 4.74 Å². The average Bonchev–Trinajstić information content (AvgIpc) is 3.23. The van der Waals surface area contributed by atoms with Crippen LogP contribution in [-0.4, -0.2) is 14.9 Å². The van der Waals surface area contributed by atoms with Gasteiger partial charge in [0.05, 0.1) is 4.92 Å². The van der Waals surface area contributed by atoms with Crippen LogP contribution < -0.4 is 4.74 Å². The quantitative estimate of drug-likeness (QED) is 0.487. The number of hydrogen-bond acceptors (Lipinski definition) is 5. The van der Waals surface area contributed by atoms with Gasteiger partial charge in [-0.1, -0.05) is 11.6 Å². The lowest BCUT2D eigenvalue weighted by atomic mass is 10.3. The Bertz CT molecular complexity index is 656. The lowest BCUT2D eigenvalue weighted by Gasteiger charge is -2.06. The first-order valence-corrected chi connectivity index (χ1v) is 6.46. The van der Waals surface area contributed by atoms with Crippen molar-refractivity contribution in [1.82, 2.24) is 9.97 Å². The van der Waals surface area contributed by atoms with E-state index in [2.05, 4.69) is 9.97 Å². The zero-order valence-corrected chi connectivity index (χ0v) is 11.1. The Balaban J connectivity index is 1.81. The summed E-state index contributed by atoms with van der Waals surface area (Å²) in [6.07, 6.45) is 2.13. The maximum Gasteiger partial charge on any atom is 0.269 e. The van der Waals surface area contributed by atoms with Gasteiger partial charge in [0.2, 0.25) is 5.88 Å². The average molecular weight is 292 g/mol. The van der Waals surface area contributed by atoms with E-state index < -0.39 is 4.92 Å². The second-order valence-corrected chi connectivity index (χ2v) is 4.90. The number of nitro groups is 1. The van der Waals surface area contributed by atoms with Crippen LogP contribution in [-0.2, 0) is 0 Å². The third kappa shape index (κ3) is 2.85. The monoisotopic (exact) mass is 291 g/mol. The minimum Gasteiger partial charge on any atom is -0.439 e. The summed E-state index contributed by atoms with van der Waals surface area (Å²) in [6.45, 7) is 0. The molecule has 0 N–H and O–H groups in total. The van der Waals surface area contributed by atoms with Gasteiger partial charge in [0, 0.05) is 24.1 Å². The summed E-state index contributed by atoms with van der Waals surface area (Å²) in [5.41, 5.74) is 0.0109. The van der Waals surface area contributed by atoms with Gasteiger partial charge in [-0.3, -0.25) is 10.1 Å². The van der Waals surface area contributed by atoms with Gasteiger partial charge in [0.1, 0.15) is 16.7 Å². The van der Waals surface area contributed by atoms with E-state index in [-0.39, 0.29) is 5.69 Å². The molecule has 102 valence electrons. The van der Waals surface area contributed by atoms with Crippen LogP contribution >= 0.6 is 11.6 Å². The standard InChI is InChI=1S/C13H10ClN3O3/c14-11-7-12(16-13(15-11)8-1-2-8)20-10-5-3-9(4-6-10)17(18)19/h3-8H,1-2H2. The summed E-state index contributed by atoms with van der Waals surface area (Å²) < 4.78 is 5.55. The predicted molar refractivity (Wildman–Crippen MR) is 72.2 cm³/mol. The fraction of sp³-hybridized carbons (Fsp3) is 0.231. The van der Waals surface area contributed by atoms with Gasteiger partial charge in [-0.2, -0.15) is 4.98 Å². The SMILES string of the molecule is O=[N+]([O-])c1ccc(Oc2cc(Cl)nc(C3CC3)n2)cc1. The van der Waals surface area contributed by atoms with E-state index >= 15 is 0 Å². The van der Waals surface area contributed by atoms with Crippen LogP contribution in [0.25, 0.3) is 0 Å². The lowest BCUT2D eigenvalue weighted by molar-refractivity contribution is -0.384. The summed E-state index contributed by atoms with van der Waals surface area (Å²) in [7, 11) is 0. The third-order valence-corrected chi connectivity index (χ3v) is 3.09. The van der Waals surface area contributed by atoms with Gasteiger partial charge in [-0.15, -0.1) is 0 Å². The summed E-state index contributed by atoms with van der Waals surface area (Å²) in [5.74, 6) is 1.87. The van der Waals surface area contributed by atoms with Crippen molar-refractivity contribution in [2.45, 2.75) is 18.8 Å². The summed E-state index contributed by atoms with van der Waals surface area (Å²) in [6, 6.07) is 7.31. The highest BCUT2D eigenvalue weighted by Gasteiger charge is 2.27. The minimum absolute atomic E-state index is 0.0109. The molecule has 1 aromatic heterocycles. The number of hydrogen-bond donors (Lipinski definition) is 0. The van der Waals surface area contributed by atoms with E-state index in [1.54, 1.807) is 0 Å². The van der Waals surface area contributed by atoms with Crippen LogP contribution in [0.15, 0.2) is 30.3 Å². The zero-order valence-electron chi connectivity index (χ0n) is 10.3. The molecule has 3 rings (SSSR count). The number of aromatic nitrogens is 2. The normalized spacial score (nSPS) is 14.1. The van der Waals surface area contributed by atoms with E-state index in [0.717, 1.165) is 12.8 Å². The molecule has 0 radical (unpaired) electrons. The Morgan fingerprint density at radius 3 is 2.55 bits per heavy atom. The maximum absolute atomic E-state index is 10.6. The highest BCUT2D eigenvalue weighted by atomic mass is 35.5. The molecule has 6 nitrogen and oxygen atoms in total. The van der Waals surface area contributed by atoms with Crippen molar-refractivity contribution in [2.24, 2.45) is 0 Å². The van der Waals surface area contributed by atoms with Crippen LogP contribution in [0.2, 0.25) is 5.15 Å². The van der Waals surface area contributed by atoms with Crippen molar-refractivity contribution >= 4 is 17.3 Å². The molecule has 1 aliphatic rings. The molecule has 0 spiro atoms. The molecule has 1 fully saturated rings. The van der Waals surface area contributed by atoms with Crippen LogP contribution in [0, 0.1) is 10.1 Å². The van der Waals surface area contributed by atoms with E-state index in [0.29, 0.717) is 28.5 Å². The maximum atomic E-state index is 10.6. The van der Waals surface area contributed by atoms with Gasteiger partial charge >= 0.3 is 0 Å². The van der Waals surface area contributed by atoms with E-state index in [4.69, 9.17) is 16.3 Å². The molecule has 20 heavy (non-hydrogen) atoms. The van der Waals surface area contributed by atoms with E-state index in [9.17, 15) is 10.1 Å². The molecule has 1 aromatic carbocycles. The molecule has 1 heterocycles. The number of ether oxygens (including phenoxy) is 1. The number of halogens is 1. The first-order valence-electron chi connectivity index (χ1n) is 6.08. The Hall–Kier alpha value is -2.21. The highest BCUT2D eigenvalue weighted by Crippen LogP contribution is 2.39. The van der Waals surface area contributed by atoms with E-state index in [1.807, 2.05) is 0 Å². The molecule has 1 aliphatic carbocycles. The molecular formula is C13H10ClN3O3. The summed E-state index contributed by atoms with van der Waals surface area (Å²) in [5, 5.41) is 10.9. The van der Waals surface area contributed by atoms with Crippen molar-refractivity contribution in [3.63, 3.8) is 0 Å². The number of benzene rings is 1. The van der Waals surface area contributed by atoms with Crippen molar-refractivity contribution in [2.75, 3.05) is 0 Å². The summed E-state index contributed by atoms with van der Waals surface area (Å²) in [4.78, 5) is 18.6. The first-order chi connectivity index (χ1) is 9.61. The Morgan fingerprint density at radius 2 is 1.95 bits per heavy atom. The smallest absolute Gasteiger partial charge is 0.269 e. The molecule has 0 saturated heterocycles. The van der Waals surface area contributed by atoms with Crippen LogP contribution in [0.5, 0.6) is 11.6 Å². The highest BCUT2D eigenvalue weighted by molar-refractivity contribution is 6.29. The predicted octanol–water partition coefficient (Wildman–Crippen LogP) is 3.71. The molecule has 1 saturated carbocycles. The molecule has 2 aromatic rings. The number of non-ortho nitro benzene ring substituents is 1. The fourth-order valence-corrected chi connectivity index (χ4v) is 1.93. The van der Waals surface area contributed by atoms with Crippen LogP contribution in [0.3, 0.4) is 0 Å². The van der Waals surface area contributed by atoms with Crippen molar-refractivity contribution in [1.29, 1.82) is 0 Å². The topological polar surface area (TPSA) is 78.2 Å². The Labute approximate surface area is 119 Å². The molecular weight excluding hydrogens is 282 g/mol. The molecule has 0 amide bonds. The Morgan fingerprint density at radius 1 is 1.25 bits per heavy atom. The molecule has 0 unspecified atom stereocenters. The van der Waals surface area contributed by atoms with Gasteiger partial charge in [0.25, 0.3) is 5.69 Å². The van der Waals surface area contributed by atoms with Crippen LogP contribution in [0.1, 0.15) is 24.6 Å². The lowest BCUT2D eigenvalue weighted by Crippen LogP contribution is -1.96. The van der Waals surface area contributed by atoms with Gasteiger partial charge in [-0.05, 0) is 25.0 Å². The van der Waals surface area contributed by atoms with Crippen molar-refractivity contribution < 1.29 is 9.66 Å².